The summed E-state index contributed by atoms with van der Waals surface area (Å²) in [4.78, 5) is 61.5. The van der Waals surface area contributed by atoms with Gasteiger partial charge in [0.1, 0.15) is 31.6 Å². The largest absolute Gasteiger partial charge is 0.269 e. The van der Waals surface area contributed by atoms with E-state index in [1.807, 2.05) is 0 Å². The monoisotopic (exact) mass is 680 g/mol. The zero-order valence-electron chi connectivity index (χ0n) is 23.9. The van der Waals surface area contributed by atoms with Crippen molar-refractivity contribution in [3.05, 3.63) is 159 Å². The van der Waals surface area contributed by atoms with Gasteiger partial charge in [-0.05, 0) is 72.1 Å². The van der Waals surface area contributed by atoms with E-state index in [9.17, 15) is 40.5 Å². The number of nitro benzene ring substituents is 4. The molecule has 4 aromatic rings. The van der Waals surface area contributed by atoms with Crippen molar-refractivity contribution in [1.29, 1.82) is 0 Å². The lowest BCUT2D eigenvalue weighted by atomic mass is 10.1. The molecule has 4 aromatic carbocycles. The fourth-order valence-electron chi connectivity index (χ4n) is 4.35. The van der Waals surface area contributed by atoms with Crippen LogP contribution < -0.4 is 0 Å². The van der Waals surface area contributed by atoms with Gasteiger partial charge in [-0.25, -0.2) is 20.0 Å². The highest BCUT2D eigenvalue weighted by atomic mass is 32.2. The van der Waals surface area contributed by atoms with Gasteiger partial charge in [0, 0.05) is 59.7 Å². The van der Waals surface area contributed by atoms with Crippen molar-refractivity contribution in [2.24, 2.45) is 20.0 Å². The normalized spacial score (nSPS) is 17.3. The van der Waals surface area contributed by atoms with Crippen LogP contribution in [0.3, 0.4) is 0 Å². The van der Waals surface area contributed by atoms with Crippen LogP contribution in [0.5, 0.6) is 0 Å². The molecule has 48 heavy (non-hydrogen) atoms. The number of thioether (sulfide) groups is 2. The predicted octanol–water partition coefficient (Wildman–Crippen LogP) is 7.68. The summed E-state index contributed by atoms with van der Waals surface area (Å²) in [5, 5.41) is 46.4. The first-order valence-electron chi connectivity index (χ1n) is 13.5. The Bertz CT molecular complexity index is 2010. The van der Waals surface area contributed by atoms with Gasteiger partial charge in [0.05, 0.1) is 31.1 Å². The third-order valence-electron chi connectivity index (χ3n) is 6.69. The first-order chi connectivity index (χ1) is 23.0. The van der Waals surface area contributed by atoms with Crippen LogP contribution in [-0.4, -0.2) is 41.2 Å². The van der Waals surface area contributed by atoms with Crippen molar-refractivity contribution >= 4 is 79.2 Å². The van der Waals surface area contributed by atoms with Gasteiger partial charge < -0.3 is 0 Å². The first-order valence-corrected chi connectivity index (χ1v) is 15.1. The molecule has 0 atom stereocenters. The van der Waals surface area contributed by atoms with Crippen LogP contribution in [-0.2, 0) is 0 Å². The summed E-state index contributed by atoms with van der Waals surface area (Å²) in [7, 11) is 0. The fraction of sp³-hybridized carbons (Fsp3) is 0. The highest BCUT2D eigenvalue weighted by Gasteiger charge is 2.31. The van der Waals surface area contributed by atoms with Crippen molar-refractivity contribution < 1.29 is 19.7 Å². The van der Waals surface area contributed by atoms with Gasteiger partial charge in [0.2, 0.25) is 0 Å². The SMILES string of the molecule is O=[N+]([O-])c1ccc(N=C2S/C(=C3\N=C(c4ccc([N+](=O)[O-])cc4)C(=Nc4ccc([N+](=O)[O-])cc4)S3)N=C2c2ccc([N+](=O)[O-])cc2)cc1. The van der Waals surface area contributed by atoms with E-state index in [1.54, 1.807) is 0 Å². The van der Waals surface area contributed by atoms with Crippen LogP contribution in [0.15, 0.2) is 127 Å². The molecule has 6 rings (SSSR count). The summed E-state index contributed by atoms with van der Waals surface area (Å²) in [6, 6.07) is 22.7. The third-order valence-corrected chi connectivity index (χ3v) is 8.73. The van der Waals surface area contributed by atoms with E-state index in [0.29, 0.717) is 54.1 Å². The van der Waals surface area contributed by atoms with Crippen molar-refractivity contribution in [3.63, 3.8) is 0 Å². The van der Waals surface area contributed by atoms with E-state index in [4.69, 9.17) is 9.98 Å². The van der Waals surface area contributed by atoms with Crippen molar-refractivity contribution in [1.82, 2.24) is 0 Å². The molecule has 2 aliphatic heterocycles. The summed E-state index contributed by atoms with van der Waals surface area (Å²) < 4.78 is 0. The lowest BCUT2D eigenvalue weighted by Crippen LogP contribution is -2.07. The molecule has 0 fully saturated rings. The lowest BCUT2D eigenvalue weighted by molar-refractivity contribution is -0.385. The minimum absolute atomic E-state index is 0.111. The molecule has 236 valence electrons. The van der Waals surface area contributed by atoms with E-state index in [-0.39, 0.29) is 22.7 Å². The van der Waals surface area contributed by atoms with Crippen LogP contribution >= 0.6 is 23.5 Å². The Balaban J connectivity index is 1.45. The molecule has 0 radical (unpaired) electrons. The van der Waals surface area contributed by atoms with Crippen molar-refractivity contribution in [2.75, 3.05) is 0 Å². The maximum Gasteiger partial charge on any atom is 0.269 e. The smallest absolute Gasteiger partial charge is 0.258 e. The quantitative estimate of drug-likeness (QED) is 0.130. The maximum absolute atomic E-state index is 11.2. The average molecular weight is 681 g/mol. The van der Waals surface area contributed by atoms with Gasteiger partial charge >= 0.3 is 0 Å². The lowest BCUT2D eigenvalue weighted by Gasteiger charge is -2.03. The molecule has 0 aliphatic carbocycles. The Morgan fingerprint density at radius 2 is 0.708 bits per heavy atom. The molecular formula is C30H16N8O8S2. The fourth-order valence-corrected chi connectivity index (χ4v) is 6.33. The zero-order valence-corrected chi connectivity index (χ0v) is 25.5. The van der Waals surface area contributed by atoms with Gasteiger partial charge in [-0.15, -0.1) is 0 Å². The number of non-ortho nitro benzene ring substituents is 4. The second kappa shape index (κ2) is 13.1. The topological polar surface area (TPSA) is 222 Å². The summed E-state index contributed by atoms with van der Waals surface area (Å²) in [6.07, 6.45) is 0. The predicted molar refractivity (Wildman–Crippen MR) is 182 cm³/mol. The summed E-state index contributed by atoms with van der Waals surface area (Å²) in [6.45, 7) is 0. The Kier molecular flexibility index (Phi) is 8.65. The second-order valence-corrected chi connectivity index (χ2v) is 11.7. The number of hydrogen-bond donors (Lipinski definition) is 0. The van der Waals surface area contributed by atoms with Gasteiger partial charge in [-0.2, -0.15) is 0 Å². The van der Waals surface area contributed by atoms with E-state index in [1.165, 1.54) is 97.1 Å². The highest BCUT2D eigenvalue weighted by molar-refractivity contribution is 8.22. The Labute approximate surface area is 277 Å². The molecular weight excluding hydrogens is 665 g/mol. The van der Waals surface area contributed by atoms with Crippen LogP contribution in [0.4, 0.5) is 34.1 Å². The molecule has 2 aliphatic rings. The molecule has 0 bridgehead atoms. The van der Waals surface area contributed by atoms with E-state index in [0.717, 1.165) is 23.5 Å². The number of aliphatic imine (C=N–C) groups is 4. The molecule has 18 heteroatoms. The molecule has 0 spiro atoms. The van der Waals surface area contributed by atoms with E-state index >= 15 is 0 Å². The number of nitrogens with zero attached hydrogens (tertiary/aromatic N) is 8. The Hall–Kier alpha value is -6.40. The molecule has 0 N–H and O–H groups in total. The third kappa shape index (κ3) is 6.73. The standard InChI is InChI=1S/C30H16N8O8S2/c39-35(40)21-9-1-17(2-10-21)25-27(31-19-5-13-23(14-6-19)37(43)44)47-29(33-25)30-34-26(18-3-11-22(12-4-18)36(41)42)28(48-30)32-20-7-15-24(16-8-20)38(45)46/h1-16H/b30-29+,31-27?,32-28?. The number of hydrogen-bond acceptors (Lipinski definition) is 14. The Morgan fingerprint density at radius 3 is 0.979 bits per heavy atom. The maximum atomic E-state index is 11.2. The minimum atomic E-state index is -0.527. The van der Waals surface area contributed by atoms with E-state index < -0.39 is 19.7 Å². The summed E-state index contributed by atoms with van der Waals surface area (Å²) >= 11 is 2.31. The molecule has 16 nitrogen and oxygen atoms in total. The molecule has 2 heterocycles. The summed E-state index contributed by atoms with van der Waals surface area (Å²) in [5.74, 6) is 0. The van der Waals surface area contributed by atoms with Gasteiger partial charge in [0.15, 0.2) is 0 Å². The first kappa shape index (κ1) is 31.6. The molecule has 0 saturated carbocycles. The number of benzene rings is 4. The second-order valence-electron chi connectivity index (χ2n) is 9.72. The molecule has 0 saturated heterocycles. The molecule has 0 aromatic heterocycles. The highest BCUT2D eigenvalue weighted by Crippen LogP contribution is 2.42. The van der Waals surface area contributed by atoms with Crippen molar-refractivity contribution in [3.8, 4) is 0 Å². The zero-order chi connectivity index (χ0) is 33.9. The Morgan fingerprint density at radius 1 is 0.438 bits per heavy atom. The minimum Gasteiger partial charge on any atom is -0.258 e. The molecule has 0 amide bonds. The molecule has 0 unspecified atom stereocenters. The van der Waals surface area contributed by atoms with Gasteiger partial charge in [-0.3, -0.25) is 40.5 Å². The van der Waals surface area contributed by atoms with Gasteiger partial charge in [-0.1, -0.05) is 0 Å². The summed E-state index contributed by atoms with van der Waals surface area (Å²) in [5.41, 5.74) is 2.14. The van der Waals surface area contributed by atoms with E-state index in [2.05, 4.69) is 9.98 Å². The average Bonchev–Trinajstić information content (AvgIpc) is 3.70. The van der Waals surface area contributed by atoms with Crippen molar-refractivity contribution in [2.45, 2.75) is 0 Å². The number of nitro groups is 4. The van der Waals surface area contributed by atoms with Crippen LogP contribution in [0.25, 0.3) is 0 Å². The van der Waals surface area contributed by atoms with Crippen LogP contribution in [0.1, 0.15) is 11.1 Å². The van der Waals surface area contributed by atoms with Gasteiger partial charge in [0.25, 0.3) is 22.7 Å². The number of rotatable bonds is 8. The van der Waals surface area contributed by atoms with Crippen LogP contribution in [0.2, 0.25) is 0 Å². The van der Waals surface area contributed by atoms with Crippen LogP contribution in [0, 0.1) is 40.5 Å².